The lowest BCUT2D eigenvalue weighted by Crippen LogP contribution is -2.63. The Kier molecular flexibility index (Phi) is 5.79. The summed E-state index contributed by atoms with van der Waals surface area (Å²) in [6.45, 7) is 12.2. The van der Waals surface area contributed by atoms with E-state index < -0.39 is 6.10 Å². The van der Waals surface area contributed by atoms with Crippen LogP contribution in [-0.4, -0.2) is 29.9 Å². The van der Waals surface area contributed by atoms with Crippen molar-refractivity contribution in [1.29, 1.82) is 0 Å². The van der Waals surface area contributed by atoms with E-state index in [-0.39, 0.29) is 41.1 Å². The zero-order valence-corrected chi connectivity index (χ0v) is 20.1. The van der Waals surface area contributed by atoms with Crippen molar-refractivity contribution in [2.24, 2.45) is 46.3 Å². The molecule has 4 aliphatic rings. The molecule has 31 heavy (non-hydrogen) atoms. The molecule has 0 aromatic rings. The molecule has 0 aliphatic heterocycles. The third-order valence-corrected chi connectivity index (χ3v) is 10.3. The first-order chi connectivity index (χ1) is 14.5. The van der Waals surface area contributed by atoms with Crippen LogP contribution >= 0.6 is 0 Å². The van der Waals surface area contributed by atoms with Crippen molar-refractivity contribution in [2.45, 2.75) is 98.7 Å². The number of carbonyl (C=O) groups is 3. The Balaban J connectivity index is 1.74. The minimum Gasteiger partial charge on any atom is -0.462 e. The first kappa shape index (κ1) is 22.8. The van der Waals surface area contributed by atoms with Gasteiger partial charge in [-0.3, -0.25) is 14.4 Å². The van der Waals surface area contributed by atoms with Gasteiger partial charge in [0.1, 0.15) is 6.10 Å². The second-order valence-electron chi connectivity index (χ2n) is 11.5. The van der Waals surface area contributed by atoms with Gasteiger partial charge in [0.2, 0.25) is 0 Å². The number of rotatable bonds is 3. The molecule has 4 unspecified atom stereocenters. The molecule has 4 aliphatic carbocycles. The van der Waals surface area contributed by atoms with Crippen LogP contribution in [0.2, 0.25) is 0 Å². The number of hydrogen-bond acceptors (Lipinski definition) is 5. The zero-order valence-electron chi connectivity index (χ0n) is 20.1. The van der Waals surface area contributed by atoms with E-state index in [4.69, 9.17) is 9.47 Å². The van der Waals surface area contributed by atoms with Crippen molar-refractivity contribution in [2.75, 3.05) is 0 Å². The van der Waals surface area contributed by atoms with Gasteiger partial charge in [0.05, 0.1) is 0 Å². The minimum atomic E-state index is -0.628. The van der Waals surface area contributed by atoms with E-state index in [0.29, 0.717) is 36.0 Å². The molecule has 10 atom stereocenters. The Hall–Kier alpha value is -1.39. The summed E-state index contributed by atoms with van der Waals surface area (Å²) in [5.41, 5.74) is 0.220. The summed E-state index contributed by atoms with van der Waals surface area (Å²) in [7, 11) is 0. The first-order valence-electron chi connectivity index (χ1n) is 12.4. The largest absolute Gasteiger partial charge is 0.462 e. The third kappa shape index (κ3) is 3.45. The lowest BCUT2D eigenvalue weighted by Gasteiger charge is -2.64. The molecule has 5 heteroatoms. The van der Waals surface area contributed by atoms with Gasteiger partial charge in [0, 0.05) is 26.2 Å². The lowest BCUT2D eigenvalue weighted by molar-refractivity contribution is -0.215. The molecule has 0 N–H and O–H groups in total. The number of esters is 2. The molecule has 174 valence electrons. The molecule has 0 aromatic carbocycles. The molecule has 4 saturated carbocycles. The Bertz CT molecular complexity index is 761. The second kappa shape index (κ2) is 7.88. The van der Waals surface area contributed by atoms with E-state index in [9.17, 15) is 14.4 Å². The van der Waals surface area contributed by atoms with E-state index in [2.05, 4.69) is 27.7 Å². The molecule has 4 rings (SSSR count). The lowest BCUT2D eigenvalue weighted by atomic mass is 9.42. The van der Waals surface area contributed by atoms with Gasteiger partial charge in [0.25, 0.3) is 0 Å². The molecule has 0 saturated heterocycles. The minimum absolute atomic E-state index is 0.0251. The fourth-order valence-corrected chi connectivity index (χ4v) is 8.93. The number of hydrogen-bond donors (Lipinski definition) is 0. The fraction of sp³-hybridized carbons (Fsp3) is 0.885. The van der Waals surface area contributed by atoms with Gasteiger partial charge in [-0.05, 0) is 72.5 Å². The first-order valence-corrected chi connectivity index (χ1v) is 12.4. The van der Waals surface area contributed by atoms with Gasteiger partial charge in [0.15, 0.2) is 11.9 Å². The number of Topliss-reactive ketones (excluding diaryl/α,β-unsaturated/α-hetero) is 1. The quantitative estimate of drug-likeness (QED) is 0.590. The Morgan fingerprint density at radius 3 is 2.23 bits per heavy atom. The topological polar surface area (TPSA) is 69.7 Å². The van der Waals surface area contributed by atoms with E-state index in [0.717, 1.165) is 12.3 Å². The number of fused-ring (bicyclic) bond motifs is 5. The Morgan fingerprint density at radius 1 is 0.968 bits per heavy atom. The van der Waals surface area contributed by atoms with Gasteiger partial charge >= 0.3 is 11.9 Å². The van der Waals surface area contributed by atoms with Gasteiger partial charge < -0.3 is 9.47 Å². The summed E-state index contributed by atoms with van der Waals surface area (Å²) in [6, 6.07) is 0. The number of ether oxygens (including phenoxy) is 2. The van der Waals surface area contributed by atoms with Crippen LogP contribution in [0.5, 0.6) is 0 Å². The van der Waals surface area contributed by atoms with Gasteiger partial charge in [-0.1, -0.05) is 34.1 Å². The maximum atomic E-state index is 12.9. The average Bonchev–Trinajstić information content (AvgIpc) is 3.02. The molecule has 0 bridgehead atoms. The molecule has 0 radical (unpaired) electrons. The molecule has 0 amide bonds. The van der Waals surface area contributed by atoms with E-state index in [1.165, 1.54) is 39.5 Å². The highest BCUT2D eigenvalue weighted by molar-refractivity contribution is 5.86. The van der Waals surface area contributed by atoms with Crippen LogP contribution in [0.4, 0.5) is 0 Å². The van der Waals surface area contributed by atoms with E-state index >= 15 is 0 Å². The summed E-state index contributed by atoms with van der Waals surface area (Å²) in [5.74, 6) is 1.71. The molecule has 4 fully saturated rings. The smallest absolute Gasteiger partial charge is 0.303 e. The predicted molar refractivity (Wildman–Crippen MR) is 117 cm³/mol. The van der Waals surface area contributed by atoms with Gasteiger partial charge in [-0.15, -0.1) is 0 Å². The highest BCUT2D eigenvalue weighted by Gasteiger charge is 2.66. The molecule has 5 nitrogen and oxygen atoms in total. The maximum absolute atomic E-state index is 12.9. The van der Waals surface area contributed by atoms with Crippen molar-refractivity contribution in [3.05, 3.63) is 0 Å². The van der Waals surface area contributed by atoms with Crippen LogP contribution in [-0.2, 0) is 23.9 Å². The third-order valence-electron chi connectivity index (χ3n) is 10.3. The Morgan fingerprint density at radius 2 is 1.61 bits per heavy atom. The van der Waals surface area contributed by atoms with Crippen molar-refractivity contribution in [3.63, 3.8) is 0 Å². The molecule has 0 spiro atoms. The highest BCUT2D eigenvalue weighted by Crippen LogP contribution is 2.69. The monoisotopic (exact) mass is 432 g/mol. The van der Waals surface area contributed by atoms with Crippen molar-refractivity contribution >= 4 is 17.7 Å². The molecule has 0 aromatic heterocycles. The van der Waals surface area contributed by atoms with Crippen LogP contribution in [0.15, 0.2) is 0 Å². The zero-order chi connectivity index (χ0) is 22.7. The van der Waals surface area contributed by atoms with Gasteiger partial charge in [-0.2, -0.15) is 0 Å². The van der Waals surface area contributed by atoms with E-state index in [1.54, 1.807) is 0 Å². The average molecular weight is 433 g/mol. The normalized spacial score (nSPS) is 48.9. The van der Waals surface area contributed by atoms with Crippen molar-refractivity contribution < 1.29 is 23.9 Å². The summed E-state index contributed by atoms with van der Waals surface area (Å²) < 4.78 is 11.6. The second-order valence-corrected chi connectivity index (χ2v) is 11.5. The predicted octanol–water partition coefficient (Wildman–Crippen LogP) is 4.95. The summed E-state index contributed by atoms with van der Waals surface area (Å²) in [4.78, 5) is 36.7. The van der Waals surface area contributed by atoms with E-state index in [1.807, 2.05) is 0 Å². The number of carbonyl (C=O) groups excluding carboxylic acids is 3. The molecular weight excluding hydrogens is 392 g/mol. The number of ketones is 1. The maximum Gasteiger partial charge on any atom is 0.303 e. The van der Waals surface area contributed by atoms with Gasteiger partial charge in [-0.25, -0.2) is 0 Å². The highest BCUT2D eigenvalue weighted by atomic mass is 16.5. The summed E-state index contributed by atoms with van der Waals surface area (Å²) >= 11 is 0. The Labute approximate surface area is 187 Å². The van der Waals surface area contributed by atoms with Crippen LogP contribution in [0.3, 0.4) is 0 Å². The summed E-state index contributed by atoms with van der Waals surface area (Å²) in [5, 5.41) is 0. The van der Waals surface area contributed by atoms with Crippen LogP contribution in [0.25, 0.3) is 0 Å². The molecule has 0 heterocycles. The van der Waals surface area contributed by atoms with Crippen molar-refractivity contribution in [1.82, 2.24) is 0 Å². The SMILES string of the molecule is CC[C@H]1CCC2C3C(CC[C@@]21C)[C@@]1(C)C[C@@H](OC(C)=O)C(=O)CC1[C@@H](C)[C@@H]3OC(C)=O. The van der Waals surface area contributed by atoms with Crippen LogP contribution in [0.1, 0.15) is 86.5 Å². The fourth-order valence-electron chi connectivity index (χ4n) is 8.93. The standard InChI is InChI=1S/C26H40O5/c1-7-17-8-9-18-23-19(10-11-25(17,18)5)26(6)13-22(30-15(3)27)21(29)12-20(26)14(2)24(23)31-16(4)28/h14,17-20,22-24H,7-13H2,1-6H3/t14-,17+,18?,19?,20?,22-,23?,24+,25-,26-/m1/s1. The van der Waals surface area contributed by atoms with Crippen LogP contribution < -0.4 is 0 Å². The summed E-state index contributed by atoms with van der Waals surface area (Å²) in [6.07, 6.45) is 6.24. The van der Waals surface area contributed by atoms with Crippen molar-refractivity contribution in [3.8, 4) is 0 Å². The molecular formula is C26H40O5. The van der Waals surface area contributed by atoms with Crippen LogP contribution in [0, 0.1) is 46.3 Å².